The van der Waals surface area contributed by atoms with E-state index in [1.165, 1.54) is 5.56 Å². The van der Waals surface area contributed by atoms with Crippen LogP contribution >= 0.6 is 0 Å². The molecule has 3 heteroatoms. The Hall–Kier alpha value is -3.46. The molecule has 0 atom stereocenters. The van der Waals surface area contributed by atoms with Crippen LogP contribution in [0.15, 0.2) is 71.3 Å². The Morgan fingerprint density at radius 3 is 2.39 bits per heavy atom. The molecule has 0 aliphatic carbocycles. The number of hydrogen-bond donors (Lipinski definition) is 0. The maximum absolute atomic E-state index is 13.8. The normalized spacial score (nSPS) is 11.7. The zero-order valence-electron chi connectivity index (χ0n) is 18.2. The number of hydrogen-bond acceptors (Lipinski definition) is 2. The molecule has 2 nitrogen and oxygen atoms in total. The predicted molar refractivity (Wildman–Crippen MR) is 126 cm³/mol. The Morgan fingerprint density at radius 1 is 0.871 bits per heavy atom. The minimum absolute atomic E-state index is 0.204. The van der Waals surface area contributed by atoms with E-state index in [4.69, 9.17) is 4.42 Å². The van der Waals surface area contributed by atoms with Crippen molar-refractivity contribution in [2.75, 3.05) is 0 Å². The van der Waals surface area contributed by atoms with Crippen molar-refractivity contribution in [2.24, 2.45) is 0 Å². The van der Waals surface area contributed by atoms with E-state index in [2.05, 4.69) is 67.4 Å². The highest BCUT2D eigenvalue weighted by atomic mass is 19.1. The van der Waals surface area contributed by atoms with Gasteiger partial charge >= 0.3 is 0 Å². The average Bonchev–Trinajstić information content (AvgIpc) is 3.11. The summed E-state index contributed by atoms with van der Waals surface area (Å²) in [5.41, 5.74) is 8.75. The molecule has 0 fully saturated rings. The lowest BCUT2D eigenvalue weighted by Gasteiger charge is -2.10. The van der Waals surface area contributed by atoms with Gasteiger partial charge in [-0.3, -0.25) is 4.98 Å². The Bertz CT molecular complexity index is 1420. The monoisotopic (exact) mass is 409 g/mol. The summed E-state index contributed by atoms with van der Waals surface area (Å²) >= 11 is 0. The van der Waals surface area contributed by atoms with Gasteiger partial charge in [0, 0.05) is 22.5 Å². The standard InChI is InChI=1S/C28H24FNO/c1-16(2)19-10-11-30-25(14-19)24-7-5-6-23-22-9-8-20(15-26(22)31-28(23)24)27-17(3)12-21(29)13-18(27)4/h5-16H,1-4H3. The van der Waals surface area contributed by atoms with E-state index in [1.54, 1.807) is 12.1 Å². The number of pyridine rings is 1. The van der Waals surface area contributed by atoms with E-state index in [-0.39, 0.29) is 5.82 Å². The van der Waals surface area contributed by atoms with Gasteiger partial charge in [0.1, 0.15) is 17.0 Å². The minimum atomic E-state index is -0.204. The molecule has 0 saturated heterocycles. The van der Waals surface area contributed by atoms with Gasteiger partial charge in [0.25, 0.3) is 0 Å². The van der Waals surface area contributed by atoms with Gasteiger partial charge in [-0.05, 0) is 90.0 Å². The molecule has 0 aliphatic heterocycles. The fourth-order valence-corrected chi connectivity index (χ4v) is 4.47. The van der Waals surface area contributed by atoms with E-state index in [9.17, 15) is 4.39 Å². The maximum Gasteiger partial charge on any atom is 0.144 e. The first-order valence-corrected chi connectivity index (χ1v) is 10.6. The highest BCUT2D eigenvalue weighted by Gasteiger charge is 2.15. The van der Waals surface area contributed by atoms with Crippen LogP contribution < -0.4 is 0 Å². The molecule has 31 heavy (non-hydrogen) atoms. The fourth-order valence-electron chi connectivity index (χ4n) is 4.47. The molecular weight excluding hydrogens is 385 g/mol. The molecule has 0 aliphatic rings. The third-order valence-electron chi connectivity index (χ3n) is 6.01. The van der Waals surface area contributed by atoms with Gasteiger partial charge in [0.05, 0.1) is 5.69 Å². The van der Waals surface area contributed by atoms with Gasteiger partial charge in [0.15, 0.2) is 0 Å². The van der Waals surface area contributed by atoms with Gasteiger partial charge in [0.2, 0.25) is 0 Å². The first-order chi connectivity index (χ1) is 14.9. The molecular formula is C28H24FNO. The molecule has 0 bridgehead atoms. The zero-order valence-corrected chi connectivity index (χ0v) is 18.2. The molecule has 0 amide bonds. The Morgan fingerprint density at radius 2 is 1.65 bits per heavy atom. The quantitative estimate of drug-likeness (QED) is 0.300. The van der Waals surface area contributed by atoms with E-state index >= 15 is 0 Å². The molecule has 2 aromatic heterocycles. The van der Waals surface area contributed by atoms with Crippen molar-refractivity contribution in [1.82, 2.24) is 4.98 Å². The largest absolute Gasteiger partial charge is 0.455 e. The van der Waals surface area contributed by atoms with Crippen LogP contribution in [-0.4, -0.2) is 4.98 Å². The number of fused-ring (bicyclic) bond motifs is 3. The van der Waals surface area contributed by atoms with E-state index in [1.807, 2.05) is 20.0 Å². The van der Waals surface area contributed by atoms with Crippen LogP contribution in [0, 0.1) is 19.7 Å². The first-order valence-electron chi connectivity index (χ1n) is 10.6. The second kappa shape index (κ2) is 7.35. The maximum atomic E-state index is 13.8. The lowest BCUT2D eigenvalue weighted by atomic mass is 9.95. The Balaban J connectivity index is 1.71. The van der Waals surface area contributed by atoms with Crippen LogP contribution in [0.5, 0.6) is 0 Å². The van der Waals surface area contributed by atoms with E-state index in [0.717, 1.165) is 55.4 Å². The molecule has 0 saturated carbocycles. The summed E-state index contributed by atoms with van der Waals surface area (Å²) in [6, 6.07) is 19.8. The summed E-state index contributed by atoms with van der Waals surface area (Å²) in [6.45, 7) is 8.25. The zero-order chi connectivity index (χ0) is 21.7. The molecule has 3 aromatic carbocycles. The topological polar surface area (TPSA) is 26.0 Å². The average molecular weight is 410 g/mol. The van der Waals surface area contributed by atoms with Crippen molar-refractivity contribution >= 4 is 21.9 Å². The van der Waals surface area contributed by atoms with Gasteiger partial charge in [-0.2, -0.15) is 0 Å². The van der Waals surface area contributed by atoms with E-state index in [0.29, 0.717) is 5.92 Å². The summed E-state index contributed by atoms with van der Waals surface area (Å²) in [6.07, 6.45) is 1.87. The SMILES string of the molecule is Cc1cc(F)cc(C)c1-c1ccc2c(c1)oc1c(-c3cc(C(C)C)ccn3)cccc12. The molecule has 0 unspecified atom stereocenters. The highest BCUT2D eigenvalue weighted by molar-refractivity contribution is 6.10. The molecule has 154 valence electrons. The molecule has 0 radical (unpaired) electrons. The molecule has 5 aromatic rings. The fraction of sp³-hybridized carbons (Fsp3) is 0.179. The van der Waals surface area contributed by atoms with Crippen molar-refractivity contribution in [3.8, 4) is 22.4 Å². The van der Waals surface area contributed by atoms with Crippen molar-refractivity contribution in [3.63, 3.8) is 0 Å². The summed E-state index contributed by atoms with van der Waals surface area (Å²) in [5, 5.41) is 2.14. The molecule has 0 N–H and O–H groups in total. The second-order valence-corrected chi connectivity index (χ2v) is 8.54. The van der Waals surface area contributed by atoms with Gasteiger partial charge in [-0.15, -0.1) is 0 Å². The van der Waals surface area contributed by atoms with Gasteiger partial charge in [-0.25, -0.2) is 4.39 Å². The number of rotatable bonds is 3. The van der Waals surface area contributed by atoms with Crippen LogP contribution in [0.2, 0.25) is 0 Å². The molecule has 0 spiro atoms. The van der Waals surface area contributed by atoms with Crippen molar-refractivity contribution < 1.29 is 8.81 Å². The predicted octanol–water partition coefficient (Wildman–Crippen LogP) is 8.19. The Kier molecular flexibility index (Phi) is 4.62. The summed E-state index contributed by atoms with van der Waals surface area (Å²) in [7, 11) is 0. The lowest BCUT2D eigenvalue weighted by molar-refractivity contribution is 0.625. The van der Waals surface area contributed by atoms with Crippen LogP contribution in [0.3, 0.4) is 0 Å². The van der Waals surface area contributed by atoms with Crippen LogP contribution in [0.1, 0.15) is 36.5 Å². The molecule has 5 rings (SSSR count). The van der Waals surface area contributed by atoms with Crippen molar-refractivity contribution in [3.05, 3.63) is 89.4 Å². The van der Waals surface area contributed by atoms with Gasteiger partial charge in [-0.1, -0.05) is 32.0 Å². The van der Waals surface area contributed by atoms with Crippen molar-refractivity contribution in [1.29, 1.82) is 0 Å². The number of para-hydroxylation sites is 1. The Labute approximate surface area is 181 Å². The van der Waals surface area contributed by atoms with Gasteiger partial charge < -0.3 is 4.42 Å². The number of halogens is 1. The number of nitrogens with zero attached hydrogens (tertiary/aromatic N) is 1. The number of aromatic nitrogens is 1. The first kappa shape index (κ1) is 19.5. The summed E-state index contributed by atoms with van der Waals surface area (Å²) < 4.78 is 20.2. The highest BCUT2D eigenvalue weighted by Crippen LogP contribution is 2.38. The summed E-state index contributed by atoms with van der Waals surface area (Å²) in [5.74, 6) is 0.228. The second-order valence-electron chi connectivity index (χ2n) is 8.54. The smallest absolute Gasteiger partial charge is 0.144 e. The minimum Gasteiger partial charge on any atom is -0.455 e. The van der Waals surface area contributed by atoms with Crippen LogP contribution in [0.4, 0.5) is 4.39 Å². The third kappa shape index (κ3) is 3.31. The van der Waals surface area contributed by atoms with Crippen LogP contribution in [0.25, 0.3) is 44.3 Å². The van der Waals surface area contributed by atoms with Crippen LogP contribution in [-0.2, 0) is 0 Å². The third-order valence-corrected chi connectivity index (χ3v) is 6.01. The van der Waals surface area contributed by atoms with Crippen molar-refractivity contribution in [2.45, 2.75) is 33.6 Å². The molecule has 2 heterocycles. The number of benzene rings is 3. The lowest BCUT2D eigenvalue weighted by Crippen LogP contribution is -1.90. The number of furan rings is 1. The van der Waals surface area contributed by atoms with E-state index < -0.39 is 0 Å². The summed E-state index contributed by atoms with van der Waals surface area (Å²) in [4.78, 5) is 4.61. The number of aryl methyl sites for hydroxylation is 2.